The first kappa shape index (κ1) is 17.3. The molecule has 0 aliphatic carbocycles. The molecule has 2 aromatic carbocycles. The van der Waals surface area contributed by atoms with Gasteiger partial charge in [0.25, 0.3) is 5.91 Å². The number of amidine groups is 1. The van der Waals surface area contributed by atoms with E-state index in [1.165, 1.54) is 49.6 Å². The lowest BCUT2D eigenvalue weighted by Crippen LogP contribution is -2.19. The Morgan fingerprint density at radius 2 is 2.04 bits per heavy atom. The van der Waals surface area contributed by atoms with Crippen molar-refractivity contribution >= 4 is 46.2 Å². The number of carbonyl (C=O) groups excluding carboxylic acids is 1. The van der Waals surface area contributed by atoms with E-state index in [0.717, 1.165) is 11.8 Å². The summed E-state index contributed by atoms with van der Waals surface area (Å²) in [5.74, 6) is -0.623. The van der Waals surface area contributed by atoms with Crippen molar-refractivity contribution in [2.24, 2.45) is 4.99 Å². The number of aliphatic imine (C=N–C) groups is 1. The second kappa shape index (κ2) is 7.16. The minimum atomic E-state index is -0.363. The molecule has 5 nitrogen and oxygen atoms in total. The van der Waals surface area contributed by atoms with E-state index in [0.29, 0.717) is 26.3 Å². The van der Waals surface area contributed by atoms with Crippen LogP contribution in [-0.4, -0.2) is 23.3 Å². The summed E-state index contributed by atoms with van der Waals surface area (Å²) in [6, 6.07) is 8.58. The second-order valence-corrected chi connectivity index (χ2v) is 6.47. The van der Waals surface area contributed by atoms with E-state index in [4.69, 9.17) is 16.3 Å². The molecule has 1 amide bonds. The van der Waals surface area contributed by atoms with Crippen LogP contribution in [0, 0.1) is 5.82 Å². The van der Waals surface area contributed by atoms with E-state index in [2.05, 4.69) is 10.3 Å². The van der Waals surface area contributed by atoms with Crippen molar-refractivity contribution < 1.29 is 19.0 Å². The van der Waals surface area contributed by atoms with Crippen LogP contribution in [0.4, 0.5) is 10.1 Å². The topological polar surface area (TPSA) is 70.9 Å². The summed E-state index contributed by atoms with van der Waals surface area (Å²) in [6.07, 6.45) is 1.50. The quantitative estimate of drug-likeness (QED) is 0.789. The number of benzene rings is 2. The van der Waals surface area contributed by atoms with Gasteiger partial charge in [0, 0.05) is 16.7 Å². The Morgan fingerprint density at radius 3 is 2.72 bits per heavy atom. The Kier molecular flexibility index (Phi) is 4.96. The Balaban J connectivity index is 1.89. The molecule has 0 saturated carbocycles. The number of hydrogen-bond acceptors (Lipinski definition) is 5. The van der Waals surface area contributed by atoms with Gasteiger partial charge >= 0.3 is 0 Å². The van der Waals surface area contributed by atoms with Crippen LogP contribution in [0.5, 0.6) is 11.5 Å². The molecule has 0 bridgehead atoms. The summed E-state index contributed by atoms with van der Waals surface area (Å²) >= 11 is 7.09. The van der Waals surface area contributed by atoms with Gasteiger partial charge in [-0.05, 0) is 48.2 Å². The molecule has 8 heteroatoms. The molecule has 0 unspecified atom stereocenters. The minimum absolute atomic E-state index is 0.114. The van der Waals surface area contributed by atoms with E-state index in [-0.39, 0.29) is 23.2 Å². The van der Waals surface area contributed by atoms with Crippen molar-refractivity contribution in [2.45, 2.75) is 0 Å². The first-order valence-electron chi connectivity index (χ1n) is 7.08. The van der Waals surface area contributed by atoms with Crippen LogP contribution < -0.4 is 10.1 Å². The Hall–Kier alpha value is -2.51. The number of carbonyl (C=O) groups is 1. The molecular weight excluding hydrogens is 367 g/mol. The zero-order valence-electron chi connectivity index (χ0n) is 12.9. The number of halogens is 2. The lowest BCUT2D eigenvalue weighted by atomic mass is 10.1. The fourth-order valence-electron chi connectivity index (χ4n) is 2.11. The summed E-state index contributed by atoms with van der Waals surface area (Å²) < 4.78 is 18.0. The van der Waals surface area contributed by atoms with Gasteiger partial charge in [-0.2, -0.15) is 0 Å². The first-order chi connectivity index (χ1) is 12.0. The Bertz CT molecular complexity index is 898. The van der Waals surface area contributed by atoms with Gasteiger partial charge in [0.2, 0.25) is 0 Å². The van der Waals surface area contributed by atoms with Crippen molar-refractivity contribution in [3.63, 3.8) is 0 Å². The molecule has 2 N–H and O–H groups in total. The minimum Gasteiger partial charge on any atom is -0.504 e. The fourth-order valence-corrected chi connectivity index (χ4v) is 3.16. The number of hydrogen-bond donors (Lipinski definition) is 2. The highest BCUT2D eigenvalue weighted by Gasteiger charge is 2.24. The molecular formula is C17H12ClFN2O3S. The number of thioether (sulfide) groups is 1. The lowest BCUT2D eigenvalue weighted by molar-refractivity contribution is -0.115. The molecule has 25 heavy (non-hydrogen) atoms. The van der Waals surface area contributed by atoms with Crippen molar-refractivity contribution in [3.05, 3.63) is 57.7 Å². The number of nitrogens with one attached hydrogen (secondary N) is 1. The zero-order chi connectivity index (χ0) is 18.0. The molecule has 128 valence electrons. The highest BCUT2D eigenvalue weighted by Crippen LogP contribution is 2.37. The predicted octanol–water partition coefficient (Wildman–Crippen LogP) is 4.08. The Labute approximate surface area is 152 Å². The van der Waals surface area contributed by atoms with Crippen molar-refractivity contribution in [1.29, 1.82) is 0 Å². The van der Waals surface area contributed by atoms with Gasteiger partial charge in [-0.3, -0.25) is 4.79 Å². The van der Waals surface area contributed by atoms with E-state index in [1.807, 2.05) is 0 Å². The fraction of sp³-hybridized carbons (Fsp3) is 0.0588. The SMILES string of the molecule is COc1cc(Cl)cc(/C=C2\SC(=Nc3ccc(F)cc3)NC2=O)c1O. The standard InChI is InChI=1S/C17H12ClFN2O3S/c1-24-13-8-10(18)6-9(15(13)22)7-14-16(23)21-17(25-14)20-12-4-2-11(19)3-5-12/h2-8,22H,1H3,(H,20,21,23)/b14-7-. The number of phenolic OH excluding ortho intramolecular Hbond substituents is 1. The summed E-state index contributed by atoms with van der Waals surface area (Å²) in [4.78, 5) is 16.7. The second-order valence-electron chi connectivity index (χ2n) is 5.00. The summed E-state index contributed by atoms with van der Waals surface area (Å²) in [6.45, 7) is 0. The molecule has 1 aliphatic rings. The van der Waals surface area contributed by atoms with Gasteiger partial charge in [0.15, 0.2) is 16.7 Å². The molecule has 2 aromatic rings. The maximum atomic E-state index is 12.9. The Morgan fingerprint density at radius 1 is 1.32 bits per heavy atom. The first-order valence-corrected chi connectivity index (χ1v) is 8.27. The van der Waals surface area contributed by atoms with Gasteiger partial charge in [-0.25, -0.2) is 9.38 Å². The monoisotopic (exact) mass is 378 g/mol. The van der Waals surface area contributed by atoms with E-state index >= 15 is 0 Å². The van der Waals surface area contributed by atoms with Crippen LogP contribution >= 0.6 is 23.4 Å². The molecule has 1 saturated heterocycles. The molecule has 1 fully saturated rings. The number of phenols is 1. The molecule has 1 heterocycles. The van der Waals surface area contributed by atoms with Gasteiger partial charge in [-0.15, -0.1) is 0 Å². The molecule has 1 aliphatic heterocycles. The molecule has 0 atom stereocenters. The zero-order valence-corrected chi connectivity index (χ0v) is 14.5. The summed E-state index contributed by atoms with van der Waals surface area (Å²) in [7, 11) is 1.41. The summed E-state index contributed by atoms with van der Waals surface area (Å²) in [5.41, 5.74) is 0.864. The number of ether oxygens (including phenoxy) is 1. The maximum Gasteiger partial charge on any atom is 0.264 e. The van der Waals surface area contributed by atoms with Gasteiger partial charge in [-0.1, -0.05) is 11.6 Å². The third-order valence-corrected chi connectivity index (χ3v) is 4.41. The highest BCUT2D eigenvalue weighted by atomic mass is 35.5. The smallest absolute Gasteiger partial charge is 0.264 e. The van der Waals surface area contributed by atoms with Gasteiger partial charge < -0.3 is 15.2 Å². The van der Waals surface area contributed by atoms with Crippen LogP contribution in [0.3, 0.4) is 0 Å². The number of methoxy groups -OCH3 is 1. The van der Waals surface area contributed by atoms with Crippen LogP contribution in [0.2, 0.25) is 5.02 Å². The maximum absolute atomic E-state index is 12.9. The van der Waals surface area contributed by atoms with Crippen molar-refractivity contribution in [1.82, 2.24) is 5.32 Å². The number of aromatic hydroxyl groups is 1. The average molecular weight is 379 g/mol. The van der Waals surface area contributed by atoms with E-state index < -0.39 is 0 Å². The summed E-state index contributed by atoms with van der Waals surface area (Å²) in [5, 5.41) is 13.5. The van der Waals surface area contributed by atoms with Gasteiger partial charge in [0.05, 0.1) is 17.7 Å². The highest BCUT2D eigenvalue weighted by molar-refractivity contribution is 8.18. The third-order valence-electron chi connectivity index (χ3n) is 3.28. The molecule has 3 rings (SSSR count). The third kappa shape index (κ3) is 3.94. The van der Waals surface area contributed by atoms with Crippen molar-refractivity contribution in [2.75, 3.05) is 7.11 Å². The predicted molar refractivity (Wildman–Crippen MR) is 96.9 cm³/mol. The molecule has 0 radical (unpaired) electrons. The molecule has 0 aromatic heterocycles. The number of rotatable bonds is 3. The van der Waals surface area contributed by atoms with Crippen LogP contribution in [0.25, 0.3) is 6.08 Å². The number of amides is 1. The van der Waals surface area contributed by atoms with E-state index in [9.17, 15) is 14.3 Å². The lowest BCUT2D eigenvalue weighted by Gasteiger charge is -2.07. The van der Waals surface area contributed by atoms with Gasteiger partial charge in [0.1, 0.15) is 5.82 Å². The normalized spacial score (nSPS) is 17.2. The van der Waals surface area contributed by atoms with E-state index in [1.54, 1.807) is 0 Å². The largest absolute Gasteiger partial charge is 0.504 e. The number of nitrogens with zero attached hydrogens (tertiary/aromatic N) is 1. The average Bonchev–Trinajstić information content (AvgIpc) is 2.92. The van der Waals surface area contributed by atoms with Crippen LogP contribution in [0.1, 0.15) is 5.56 Å². The van der Waals surface area contributed by atoms with Crippen molar-refractivity contribution in [3.8, 4) is 11.5 Å². The van der Waals surface area contributed by atoms with Crippen LogP contribution in [-0.2, 0) is 4.79 Å². The van der Waals surface area contributed by atoms with Crippen LogP contribution in [0.15, 0.2) is 46.3 Å². The molecule has 0 spiro atoms.